The van der Waals surface area contributed by atoms with E-state index >= 15 is 0 Å². The van der Waals surface area contributed by atoms with Gasteiger partial charge in [0.25, 0.3) is 0 Å². The first-order chi connectivity index (χ1) is 9.56. The van der Waals surface area contributed by atoms with Crippen molar-refractivity contribution < 1.29 is 0 Å². The Morgan fingerprint density at radius 3 is 2.25 bits per heavy atom. The molecule has 2 aromatic rings. The first kappa shape index (κ1) is 15.8. The molecule has 2 heteroatoms. The summed E-state index contributed by atoms with van der Waals surface area (Å²) >= 11 is 7.39. The second-order valence-corrected chi connectivity index (χ2v) is 6.93. The number of rotatable bonds is 4. The molecule has 2 rings (SSSR count). The minimum atomic E-state index is 0.256. The predicted octanol–water partition coefficient (Wildman–Crippen LogP) is 6.37. The number of alkyl halides is 1. The summed E-state index contributed by atoms with van der Waals surface area (Å²) in [5.41, 5.74) is 6.90. The highest BCUT2D eigenvalue weighted by molar-refractivity contribution is 9.10. The first-order valence-corrected chi connectivity index (χ1v) is 8.79. The molecule has 0 fully saturated rings. The third-order valence-electron chi connectivity index (χ3n) is 3.79. The molecular formula is C18H20Br2. The lowest BCUT2D eigenvalue weighted by atomic mass is 9.95. The van der Waals surface area contributed by atoms with Crippen LogP contribution in [0.25, 0.3) is 0 Å². The van der Waals surface area contributed by atoms with Crippen molar-refractivity contribution in [3.8, 4) is 0 Å². The van der Waals surface area contributed by atoms with Gasteiger partial charge in [-0.3, -0.25) is 0 Å². The summed E-state index contributed by atoms with van der Waals surface area (Å²) in [5, 5.41) is 0. The Morgan fingerprint density at radius 2 is 1.65 bits per heavy atom. The van der Waals surface area contributed by atoms with Gasteiger partial charge in [0, 0.05) is 4.47 Å². The predicted molar refractivity (Wildman–Crippen MR) is 94.8 cm³/mol. The Morgan fingerprint density at radius 1 is 0.950 bits per heavy atom. The molecule has 0 aliphatic heterocycles. The molecule has 0 radical (unpaired) electrons. The fourth-order valence-electron chi connectivity index (χ4n) is 2.58. The highest BCUT2D eigenvalue weighted by Crippen LogP contribution is 2.34. The zero-order valence-corrected chi connectivity index (χ0v) is 15.4. The Hall–Kier alpha value is -0.600. The molecule has 1 unspecified atom stereocenters. The Labute approximate surface area is 138 Å². The van der Waals surface area contributed by atoms with Crippen molar-refractivity contribution in [2.24, 2.45) is 0 Å². The van der Waals surface area contributed by atoms with Gasteiger partial charge in [-0.15, -0.1) is 0 Å². The van der Waals surface area contributed by atoms with Gasteiger partial charge >= 0.3 is 0 Å². The van der Waals surface area contributed by atoms with Crippen molar-refractivity contribution in [3.63, 3.8) is 0 Å². The largest absolute Gasteiger partial charge is 0.0786 e. The summed E-state index contributed by atoms with van der Waals surface area (Å²) in [6.45, 7) is 6.61. The van der Waals surface area contributed by atoms with Gasteiger partial charge < -0.3 is 0 Å². The topological polar surface area (TPSA) is 0 Å². The standard InChI is InChI=1S/C18H20Br2/c1-4-13-6-7-15(11-14(13)5-2)18(20)17-9-8-16(19)10-12(17)3/h6-11,18H,4-5H2,1-3H3. The van der Waals surface area contributed by atoms with Crippen molar-refractivity contribution in [3.05, 3.63) is 68.7 Å². The van der Waals surface area contributed by atoms with Gasteiger partial charge in [-0.2, -0.15) is 0 Å². The van der Waals surface area contributed by atoms with Crippen LogP contribution in [0.1, 0.15) is 46.5 Å². The summed E-state index contributed by atoms with van der Waals surface area (Å²) in [5.74, 6) is 0. The van der Waals surface area contributed by atoms with E-state index in [-0.39, 0.29) is 4.83 Å². The quantitative estimate of drug-likeness (QED) is 0.527. The molecule has 0 aliphatic rings. The monoisotopic (exact) mass is 394 g/mol. The fourth-order valence-corrected chi connectivity index (χ4v) is 3.85. The van der Waals surface area contributed by atoms with E-state index in [1.54, 1.807) is 0 Å². The van der Waals surface area contributed by atoms with Crippen LogP contribution < -0.4 is 0 Å². The SMILES string of the molecule is CCc1ccc(C(Br)c2ccc(Br)cc2C)cc1CC. The molecule has 2 aromatic carbocycles. The van der Waals surface area contributed by atoms with Crippen LogP contribution in [0.3, 0.4) is 0 Å². The van der Waals surface area contributed by atoms with Crippen LogP contribution in [0.5, 0.6) is 0 Å². The lowest BCUT2D eigenvalue weighted by molar-refractivity contribution is 1.02. The number of benzene rings is 2. The number of halogens is 2. The van der Waals surface area contributed by atoms with E-state index in [2.05, 4.69) is 89.0 Å². The maximum Gasteiger partial charge on any atom is 0.0647 e. The van der Waals surface area contributed by atoms with Crippen molar-refractivity contribution in [1.82, 2.24) is 0 Å². The Kier molecular flexibility index (Phi) is 5.45. The average Bonchev–Trinajstić information content (AvgIpc) is 2.45. The maximum absolute atomic E-state index is 3.86. The number of aryl methyl sites for hydroxylation is 3. The van der Waals surface area contributed by atoms with E-state index in [1.807, 2.05) is 0 Å². The zero-order valence-electron chi connectivity index (χ0n) is 12.2. The van der Waals surface area contributed by atoms with Crippen LogP contribution in [0.4, 0.5) is 0 Å². The van der Waals surface area contributed by atoms with Gasteiger partial charge in [0.05, 0.1) is 4.83 Å². The smallest absolute Gasteiger partial charge is 0.0647 e. The molecule has 0 amide bonds. The van der Waals surface area contributed by atoms with E-state index in [1.165, 1.54) is 27.8 Å². The molecule has 1 atom stereocenters. The summed E-state index contributed by atoms with van der Waals surface area (Å²) < 4.78 is 1.13. The van der Waals surface area contributed by atoms with Crippen LogP contribution in [0.15, 0.2) is 40.9 Å². The molecule has 0 saturated carbocycles. The lowest BCUT2D eigenvalue weighted by Crippen LogP contribution is -1.99. The highest BCUT2D eigenvalue weighted by atomic mass is 79.9. The molecule has 0 aromatic heterocycles. The highest BCUT2D eigenvalue weighted by Gasteiger charge is 2.14. The zero-order chi connectivity index (χ0) is 14.7. The van der Waals surface area contributed by atoms with E-state index in [0.717, 1.165) is 17.3 Å². The molecule has 0 saturated heterocycles. The molecule has 0 heterocycles. The van der Waals surface area contributed by atoms with Crippen molar-refractivity contribution in [2.45, 2.75) is 38.4 Å². The second-order valence-electron chi connectivity index (χ2n) is 5.10. The third kappa shape index (κ3) is 3.35. The van der Waals surface area contributed by atoms with E-state index < -0.39 is 0 Å². The van der Waals surface area contributed by atoms with E-state index in [9.17, 15) is 0 Å². The normalized spacial score (nSPS) is 12.4. The summed E-state index contributed by atoms with van der Waals surface area (Å²) in [6.07, 6.45) is 2.20. The first-order valence-electron chi connectivity index (χ1n) is 7.08. The summed E-state index contributed by atoms with van der Waals surface area (Å²) in [7, 11) is 0. The molecule has 0 aliphatic carbocycles. The maximum atomic E-state index is 3.86. The molecule has 0 bridgehead atoms. The average molecular weight is 396 g/mol. The molecule has 106 valence electrons. The molecule has 0 spiro atoms. The van der Waals surface area contributed by atoms with Gasteiger partial charge in [-0.05, 0) is 59.7 Å². The minimum absolute atomic E-state index is 0.256. The van der Waals surface area contributed by atoms with E-state index in [0.29, 0.717) is 0 Å². The van der Waals surface area contributed by atoms with Crippen LogP contribution in [0, 0.1) is 6.92 Å². The Balaban J connectivity index is 2.40. The van der Waals surface area contributed by atoms with E-state index in [4.69, 9.17) is 0 Å². The van der Waals surface area contributed by atoms with Gasteiger partial charge in [-0.25, -0.2) is 0 Å². The third-order valence-corrected chi connectivity index (χ3v) is 5.30. The van der Waals surface area contributed by atoms with Crippen molar-refractivity contribution in [1.29, 1.82) is 0 Å². The van der Waals surface area contributed by atoms with Crippen LogP contribution in [-0.4, -0.2) is 0 Å². The molecule has 20 heavy (non-hydrogen) atoms. The Bertz CT molecular complexity index is 602. The van der Waals surface area contributed by atoms with Crippen LogP contribution >= 0.6 is 31.9 Å². The molecule has 0 nitrogen and oxygen atoms in total. The number of hydrogen-bond acceptors (Lipinski definition) is 0. The van der Waals surface area contributed by atoms with Crippen molar-refractivity contribution >= 4 is 31.9 Å². The second kappa shape index (κ2) is 6.91. The lowest BCUT2D eigenvalue weighted by Gasteiger charge is -2.16. The minimum Gasteiger partial charge on any atom is -0.0786 e. The van der Waals surface area contributed by atoms with Gasteiger partial charge in [-0.1, -0.05) is 70.0 Å². The van der Waals surface area contributed by atoms with Gasteiger partial charge in [0.2, 0.25) is 0 Å². The molecular weight excluding hydrogens is 376 g/mol. The van der Waals surface area contributed by atoms with Crippen LogP contribution in [0.2, 0.25) is 0 Å². The summed E-state index contributed by atoms with van der Waals surface area (Å²) in [6, 6.07) is 13.3. The van der Waals surface area contributed by atoms with Crippen molar-refractivity contribution in [2.75, 3.05) is 0 Å². The number of hydrogen-bond donors (Lipinski definition) is 0. The summed E-state index contributed by atoms with van der Waals surface area (Å²) in [4.78, 5) is 0.256. The van der Waals surface area contributed by atoms with Crippen LogP contribution in [-0.2, 0) is 12.8 Å². The fraction of sp³-hybridized carbons (Fsp3) is 0.333. The molecule has 0 N–H and O–H groups in total. The van der Waals surface area contributed by atoms with Gasteiger partial charge in [0.15, 0.2) is 0 Å². The van der Waals surface area contributed by atoms with Gasteiger partial charge in [0.1, 0.15) is 0 Å².